The number of hydrogen-bond acceptors (Lipinski definition) is 3. The zero-order valence-electron chi connectivity index (χ0n) is 7.50. The van der Waals surface area contributed by atoms with Crippen molar-refractivity contribution in [3.63, 3.8) is 0 Å². The summed E-state index contributed by atoms with van der Waals surface area (Å²) in [5.74, 6) is 1.73. The first-order chi connectivity index (χ1) is 6.22. The lowest BCUT2D eigenvalue weighted by molar-refractivity contribution is 0.352. The van der Waals surface area contributed by atoms with Crippen LogP contribution >= 0.6 is 15.9 Å². The molecule has 2 rings (SSSR count). The number of ether oxygens (including phenoxy) is 2. The molecule has 1 aromatic carbocycles. The van der Waals surface area contributed by atoms with Crippen molar-refractivity contribution >= 4 is 21.6 Å². The molecule has 0 aromatic heterocycles. The number of halogens is 1. The fourth-order valence-electron chi connectivity index (χ4n) is 1.33. The Morgan fingerprint density at radius 2 is 2.31 bits per heavy atom. The van der Waals surface area contributed by atoms with E-state index in [9.17, 15) is 0 Å². The smallest absolute Gasteiger partial charge is 0.161 e. The first-order valence-electron chi connectivity index (χ1n) is 3.94. The summed E-state index contributed by atoms with van der Waals surface area (Å²) in [7, 11) is 3.64. The number of benzene rings is 1. The van der Waals surface area contributed by atoms with Gasteiger partial charge in [0.1, 0.15) is 11.5 Å². The normalized spacial score (nSPS) is 13.9. The molecule has 0 atom stereocenters. The Morgan fingerprint density at radius 1 is 1.54 bits per heavy atom. The molecule has 1 aliphatic heterocycles. The van der Waals surface area contributed by atoms with E-state index in [-0.39, 0.29) is 0 Å². The summed E-state index contributed by atoms with van der Waals surface area (Å²) < 4.78 is 11.5. The van der Waals surface area contributed by atoms with Crippen LogP contribution in [0.15, 0.2) is 16.6 Å². The highest BCUT2D eigenvalue weighted by atomic mass is 79.9. The van der Waals surface area contributed by atoms with E-state index in [1.807, 2.05) is 24.1 Å². The van der Waals surface area contributed by atoms with Gasteiger partial charge in [0.15, 0.2) is 6.73 Å². The van der Waals surface area contributed by atoms with Gasteiger partial charge in [0.05, 0.1) is 17.3 Å². The predicted molar refractivity (Wildman–Crippen MR) is 54.6 cm³/mol. The summed E-state index contributed by atoms with van der Waals surface area (Å²) >= 11 is 3.41. The van der Waals surface area contributed by atoms with Gasteiger partial charge in [-0.2, -0.15) is 0 Å². The molecule has 13 heavy (non-hydrogen) atoms. The molecule has 0 fully saturated rings. The second kappa shape index (κ2) is 3.10. The SMILES string of the molecule is COc1cc2c(cc1Br)OCN2C. The van der Waals surface area contributed by atoms with E-state index in [0.717, 1.165) is 21.7 Å². The molecular weight excluding hydrogens is 234 g/mol. The highest BCUT2D eigenvalue weighted by Crippen LogP contribution is 2.40. The number of anilines is 1. The van der Waals surface area contributed by atoms with Gasteiger partial charge < -0.3 is 14.4 Å². The van der Waals surface area contributed by atoms with Crippen LogP contribution in [0.5, 0.6) is 11.5 Å². The molecule has 0 aliphatic carbocycles. The number of fused-ring (bicyclic) bond motifs is 1. The van der Waals surface area contributed by atoms with Gasteiger partial charge in [0, 0.05) is 19.2 Å². The van der Waals surface area contributed by atoms with Crippen molar-refractivity contribution < 1.29 is 9.47 Å². The van der Waals surface area contributed by atoms with Gasteiger partial charge in [-0.25, -0.2) is 0 Å². The van der Waals surface area contributed by atoms with Crippen LogP contribution in [-0.2, 0) is 0 Å². The van der Waals surface area contributed by atoms with Crippen LogP contribution in [0.3, 0.4) is 0 Å². The number of methoxy groups -OCH3 is 1. The topological polar surface area (TPSA) is 21.7 Å². The van der Waals surface area contributed by atoms with E-state index in [1.54, 1.807) is 7.11 Å². The average Bonchev–Trinajstić information content (AvgIpc) is 2.46. The number of rotatable bonds is 1. The monoisotopic (exact) mass is 243 g/mol. The minimum absolute atomic E-state index is 0.606. The zero-order valence-corrected chi connectivity index (χ0v) is 9.09. The predicted octanol–water partition coefficient (Wildman–Crippen LogP) is 2.24. The average molecular weight is 244 g/mol. The van der Waals surface area contributed by atoms with Crippen LogP contribution in [0.4, 0.5) is 5.69 Å². The highest BCUT2D eigenvalue weighted by Gasteiger charge is 2.19. The standard InChI is InChI=1S/C9H10BrNO2/c1-11-5-13-9-3-6(10)8(12-2)4-7(9)11/h3-4H,5H2,1-2H3. The molecule has 0 saturated heterocycles. The molecule has 0 amide bonds. The zero-order chi connectivity index (χ0) is 9.42. The summed E-state index contributed by atoms with van der Waals surface area (Å²) in [5.41, 5.74) is 1.07. The van der Waals surface area contributed by atoms with Crippen LogP contribution < -0.4 is 14.4 Å². The molecule has 0 spiro atoms. The summed E-state index contributed by atoms with van der Waals surface area (Å²) in [4.78, 5) is 2.03. The summed E-state index contributed by atoms with van der Waals surface area (Å²) in [6.07, 6.45) is 0. The third-order valence-corrected chi connectivity index (χ3v) is 2.68. The summed E-state index contributed by atoms with van der Waals surface area (Å²) in [6.45, 7) is 0.606. The molecule has 0 radical (unpaired) electrons. The quantitative estimate of drug-likeness (QED) is 0.756. The van der Waals surface area contributed by atoms with Crippen LogP contribution in [0.2, 0.25) is 0 Å². The Bertz CT molecular complexity index is 341. The third kappa shape index (κ3) is 1.35. The Kier molecular flexibility index (Phi) is 2.07. The molecule has 0 saturated carbocycles. The molecule has 1 heterocycles. The number of nitrogens with zero attached hydrogens (tertiary/aromatic N) is 1. The fraction of sp³-hybridized carbons (Fsp3) is 0.333. The van der Waals surface area contributed by atoms with Crippen LogP contribution in [0.25, 0.3) is 0 Å². The van der Waals surface area contributed by atoms with Gasteiger partial charge in [0.25, 0.3) is 0 Å². The van der Waals surface area contributed by atoms with Crippen molar-refractivity contribution in [2.45, 2.75) is 0 Å². The van der Waals surface area contributed by atoms with Crippen molar-refractivity contribution in [2.24, 2.45) is 0 Å². The van der Waals surface area contributed by atoms with Crippen LogP contribution in [0, 0.1) is 0 Å². The molecule has 0 N–H and O–H groups in total. The maximum atomic E-state index is 5.43. The Morgan fingerprint density at radius 3 is 3.00 bits per heavy atom. The fourth-order valence-corrected chi connectivity index (χ4v) is 1.81. The molecule has 0 unspecified atom stereocenters. The largest absolute Gasteiger partial charge is 0.495 e. The maximum absolute atomic E-state index is 5.43. The van der Waals surface area contributed by atoms with Gasteiger partial charge in [-0.3, -0.25) is 0 Å². The first-order valence-corrected chi connectivity index (χ1v) is 4.73. The van der Waals surface area contributed by atoms with Crippen molar-refractivity contribution in [1.82, 2.24) is 0 Å². The van der Waals surface area contributed by atoms with Crippen LogP contribution in [-0.4, -0.2) is 20.9 Å². The van der Waals surface area contributed by atoms with Crippen molar-refractivity contribution in [1.29, 1.82) is 0 Å². The molecular formula is C9H10BrNO2. The second-order valence-electron chi connectivity index (χ2n) is 2.93. The highest BCUT2D eigenvalue weighted by molar-refractivity contribution is 9.10. The lowest BCUT2D eigenvalue weighted by Gasteiger charge is -2.09. The van der Waals surface area contributed by atoms with E-state index >= 15 is 0 Å². The molecule has 70 valence electrons. The van der Waals surface area contributed by atoms with Gasteiger partial charge in [-0.1, -0.05) is 0 Å². The third-order valence-electron chi connectivity index (χ3n) is 2.06. The molecule has 1 aliphatic rings. The Hall–Kier alpha value is -0.900. The second-order valence-corrected chi connectivity index (χ2v) is 3.78. The minimum atomic E-state index is 0.606. The number of hydrogen-bond donors (Lipinski definition) is 0. The van der Waals surface area contributed by atoms with E-state index in [2.05, 4.69) is 15.9 Å². The van der Waals surface area contributed by atoms with E-state index in [1.165, 1.54) is 0 Å². The lowest BCUT2D eigenvalue weighted by atomic mass is 10.2. The van der Waals surface area contributed by atoms with Crippen molar-refractivity contribution in [3.05, 3.63) is 16.6 Å². The molecule has 4 heteroatoms. The van der Waals surface area contributed by atoms with Gasteiger partial charge in [-0.05, 0) is 15.9 Å². The van der Waals surface area contributed by atoms with E-state index in [0.29, 0.717) is 6.73 Å². The van der Waals surface area contributed by atoms with Crippen molar-refractivity contribution in [3.8, 4) is 11.5 Å². The summed E-state index contributed by atoms with van der Waals surface area (Å²) in [5, 5.41) is 0. The maximum Gasteiger partial charge on any atom is 0.161 e. The van der Waals surface area contributed by atoms with Gasteiger partial charge >= 0.3 is 0 Å². The Balaban J connectivity index is 2.51. The van der Waals surface area contributed by atoms with Crippen LogP contribution in [0.1, 0.15) is 0 Å². The van der Waals surface area contributed by atoms with Gasteiger partial charge in [0.2, 0.25) is 0 Å². The van der Waals surface area contributed by atoms with E-state index in [4.69, 9.17) is 9.47 Å². The molecule has 0 bridgehead atoms. The Labute approximate surface area is 85.4 Å². The minimum Gasteiger partial charge on any atom is -0.495 e. The van der Waals surface area contributed by atoms with Gasteiger partial charge in [-0.15, -0.1) is 0 Å². The van der Waals surface area contributed by atoms with E-state index < -0.39 is 0 Å². The molecule has 1 aromatic rings. The summed E-state index contributed by atoms with van der Waals surface area (Å²) in [6, 6.07) is 3.89. The first kappa shape index (κ1) is 8.69. The van der Waals surface area contributed by atoms with Crippen molar-refractivity contribution in [2.75, 3.05) is 25.8 Å². The molecule has 3 nitrogen and oxygen atoms in total. The lowest BCUT2D eigenvalue weighted by Crippen LogP contribution is -2.14.